The fourth-order valence-corrected chi connectivity index (χ4v) is 2.82. The molecule has 3 rings (SSSR count). The Morgan fingerprint density at radius 2 is 2.18 bits per heavy atom. The normalized spacial score (nSPS) is 11.8. The van der Waals surface area contributed by atoms with Gasteiger partial charge < -0.3 is 9.47 Å². The van der Waals surface area contributed by atoms with Crippen molar-refractivity contribution in [1.82, 2.24) is 14.6 Å². The zero-order chi connectivity index (χ0) is 15.7. The van der Waals surface area contributed by atoms with Crippen molar-refractivity contribution >= 4 is 28.3 Å². The lowest BCUT2D eigenvalue weighted by molar-refractivity contribution is -0.132. The van der Waals surface area contributed by atoms with Gasteiger partial charge >= 0.3 is 5.97 Å². The van der Waals surface area contributed by atoms with Crippen LogP contribution in [0.5, 0.6) is 11.5 Å². The highest BCUT2D eigenvalue weighted by Crippen LogP contribution is 2.28. The van der Waals surface area contributed by atoms with Gasteiger partial charge in [0.2, 0.25) is 4.96 Å². The van der Waals surface area contributed by atoms with Crippen LogP contribution >= 0.6 is 11.3 Å². The van der Waals surface area contributed by atoms with E-state index in [9.17, 15) is 9.59 Å². The summed E-state index contributed by atoms with van der Waals surface area (Å²) in [6.45, 7) is 1.32. The predicted octanol–water partition coefficient (Wildman–Crippen LogP) is 0.633. The highest BCUT2D eigenvalue weighted by molar-refractivity contribution is 7.15. The van der Waals surface area contributed by atoms with Crippen LogP contribution in [0.15, 0.2) is 29.3 Å². The summed E-state index contributed by atoms with van der Waals surface area (Å²) in [6.07, 6.45) is 3.05. The molecule has 1 aromatic carbocycles. The molecule has 112 valence electrons. The Bertz CT molecular complexity index is 960. The molecule has 0 aliphatic carbocycles. The van der Waals surface area contributed by atoms with Crippen LogP contribution in [0, 0.1) is 0 Å². The summed E-state index contributed by atoms with van der Waals surface area (Å²) in [6, 6.07) is 5.04. The van der Waals surface area contributed by atoms with E-state index < -0.39 is 5.97 Å². The average Bonchev–Trinajstić information content (AvgIpc) is 3.04. The number of fused-ring (bicyclic) bond motifs is 1. The van der Waals surface area contributed by atoms with E-state index in [2.05, 4.69) is 10.1 Å². The first kappa shape index (κ1) is 14.2. The average molecular weight is 317 g/mol. The zero-order valence-corrected chi connectivity index (χ0v) is 12.6. The molecule has 0 atom stereocenters. The van der Waals surface area contributed by atoms with Crippen molar-refractivity contribution in [1.29, 1.82) is 0 Å². The molecule has 7 nitrogen and oxygen atoms in total. The number of carbonyl (C=O) groups excluding carboxylic acids is 1. The molecule has 8 heteroatoms. The third-order valence-electron chi connectivity index (χ3n) is 2.86. The number of hydrogen-bond donors (Lipinski definition) is 0. The summed E-state index contributed by atoms with van der Waals surface area (Å²) in [5.41, 5.74) is 0.523. The molecule has 0 fully saturated rings. The second kappa shape index (κ2) is 5.57. The minimum absolute atomic E-state index is 0.222. The van der Waals surface area contributed by atoms with Crippen LogP contribution in [-0.4, -0.2) is 27.7 Å². The molecule has 0 aliphatic rings. The van der Waals surface area contributed by atoms with Gasteiger partial charge in [-0.2, -0.15) is 9.61 Å². The second-order valence-corrected chi connectivity index (χ2v) is 5.38. The summed E-state index contributed by atoms with van der Waals surface area (Å²) in [7, 11) is 1.48. The van der Waals surface area contributed by atoms with Gasteiger partial charge in [0.25, 0.3) is 5.56 Å². The minimum Gasteiger partial charge on any atom is -0.493 e. The van der Waals surface area contributed by atoms with Crippen molar-refractivity contribution in [3.05, 3.63) is 45.0 Å². The summed E-state index contributed by atoms with van der Waals surface area (Å²) < 4.78 is 12.0. The van der Waals surface area contributed by atoms with Crippen LogP contribution < -0.4 is 19.6 Å². The lowest BCUT2D eigenvalue weighted by atomic mass is 10.2. The number of nitrogens with zero attached hydrogens (tertiary/aromatic N) is 3. The van der Waals surface area contributed by atoms with E-state index in [-0.39, 0.29) is 5.56 Å². The fourth-order valence-electron chi connectivity index (χ4n) is 1.94. The smallest absolute Gasteiger partial charge is 0.308 e. The van der Waals surface area contributed by atoms with E-state index in [0.717, 1.165) is 5.56 Å². The van der Waals surface area contributed by atoms with Crippen molar-refractivity contribution in [2.24, 2.45) is 0 Å². The summed E-state index contributed by atoms with van der Waals surface area (Å²) in [5, 5.41) is 3.86. The first-order valence-corrected chi connectivity index (χ1v) is 7.11. The van der Waals surface area contributed by atoms with Gasteiger partial charge in [0.15, 0.2) is 11.5 Å². The Hall–Kier alpha value is -2.74. The van der Waals surface area contributed by atoms with Crippen molar-refractivity contribution in [2.75, 3.05) is 7.11 Å². The van der Waals surface area contributed by atoms with E-state index >= 15 is 0 Å². The van der Waals surface area contributed by atoms with E-state index in [1.807, 2.05) is 0 Å². The lowest BCUT2D eigenvalue weighted by Gasteiger charge is -2.08. The van der Waals surface area contributed by atoms with Crippen molar-refractivity contribution in [2.45, 2.75) is 6.92 Å². The van der Waals surface area contributed by atoms with Crippen molar-refractivity contribution in [3.63, 3.8) is 0 Å². The second-order valence-electron chi connectivity index (χ2n) is 4.37. The van der Waals surface area contributed by atoms with Gasteiger partial charge in [-0.3, -0.25) is 9.59 Å². The molecule has 0 saturated carbocycles. The molecule has 22 heavy (non-hydrogen) atoms. The maximum Gasteiger partial charge on any atom is 0.308 e. The van der Waals surface area contributed by atoms with E-state index in [1.165, 1.54) is 36.2 Å². The lowest BCUT2D eigenvalue weighted by Crippen LogP contribution is -2.23. The molecule has 0 amide bonds. The van der Waals surface area contributed by atoms with Gasteiger partial charge in [0, 0.05) is 6.92 Å². The number of ether oxygens (including phenoxy) is 2. The standard InChI is InChI=1S/C14H11N3O4S/c1-8(18)21-10-4-3-9(5-11(10)20-2)6-12-13(19)17-14(22-12)15-7-16-17/h3-7H,1-2H3. The molecule has 0 spiro atoms. The maximum atomic E-state index is 12.1. The predicted molar refractivity (Wildman–Crippen MR) is 80.2 cm³/mol. The van der Waals surface area contributed by atoms with E-state index in [4.69, 9.17) is 9.47 Å². The van der Waals surface area contributed by atoms with Crippen LogP contribution in [-0.2, 0) is 4.79 Å². The molecule has 0 unspecified atom stereocenters. The molecule has 0 N–H and O–H groups in total. The van der Waals surface area contributed by atoms with Crippen molar-refractivity contribution < 1.29 is 14.3 Å². The monoisotopic (exact) mass is 317 g/mol. The van der Waals surface area contributed by atoms with Gasteiger partial charge in [-0.05, 0) is 23.8 Å². The molecule has 0 radical (unpaired) electrons. The molecule has 0 aliphatic heterocycles. The summed E-state index contributed by atoms with van der Waals surface area (Å²) in [4.78, 5) is 27.7. The molecule has 2 aromatic heterocycles. The summed E-state index contributed by atoms with van der Waals surface area (Å²) in [5.74, 6) is 0.315. The van der Waals surface area contributed by atoms with E-state index in [0.29, 0.717) is 21.0 Å². The quantitative estimate of drug-likeness (QED) is 0.520. The Kier molecular flexibility index (Phi) is 3.60. The van der Waals surface area contributed by atoms with Gasteiger partial charge in [-0.1, -0.05) is 17.4 Å². The van der Waals surface area contributed by atoms with Gasteiger partial charge in [-0.25, -0.2) is 4.98 Å². The largest absolute Gasteiger partial charge is 0.493 e. The Balaban J connectivity index is 2.07. The number of hydrogen-bond acceptors (Lipinski definition) is 7. The Labute approximate surface area is 128 Å². The van der Waals surface area contributed by atoms with Crippen LogP contribution in [0.3, 0.4) is 0 Å². The number of carbonyl (C=O) groups is 1. The third-order valence-corrected chi connectivity index (χ3v) is 3.83. The minimum atomic E-state index is -0.428. The van der Waals surface area contributed by atoms with E-state index in [1.54, 1.807) is 24.3 Å². The number of esters is 1. The SMILES string of the molecule is COc1cc(C=c2sc3ncnn3c2=O)ccc1OC(C)=O. The topological polar surface area (TPSA) is 82.8 Å². The highest BCUT2D eigenvalue weighted by atomic mass is 32.1. The maximum absolute atomic E-state index is 12.1. The molecular formula is C14H11N3O4S. The van der Waals surface area contributed by atoms with Crippen molar-refractivity contribution in [3.8, 4) is 11.5 Å². The Morgan fingerprint density at radius 3 is 2.86 bits per heavy atom. The van der Waals surface area contributed by atoms with Crippen LogP contribution in [0.1, 0.15) is 12.5 Å². The van der Waals surface area contributed by atoms with Gasteiger partial charge in [0.05, 0.1) is 11.6 Å². The first-order valence-electron chi connectivity index (χ1n) is 6.29. The Morgan fingerprint density at radius 1 is 1.36 bits per heavy atom. The number of methoxy groups -OCH3 is 1. The van der Waals surface area contributed by atoms with Gasteiger partial charge in [0.1, 0.15) is 6.33 Å². The molecule has 3 aromatic rings. The molecule has 2 heterocycles. The highest BCUT2D eigenvalue weighted by Gasteiger charge is 2.09. The van der Waals surface area contributed by atoms with Crippen LogP contribution in [0.4, 0.5) is 0 Å². The number of thiazole rings is 1. The van der Waals surface area contributed by atoms with Crippen LogP contribution in [0.25, 0.3) is 11.0 Å². The zero-order valence-electron chi connectivity index (χ0n) is 11.8. The number of aromatic nitrogens is 3. The number of benzene rings is 1. The fraction of sp³-hybridized carbons (Fsp3) is 0.143. The third kappa shape index (κ3) is 2.56. The molecular weight excluding hydrogens is 306 g/mol. The number of rotatable bonds is 3. The van der Waals surface area contributed by atoms with Gasteiger partial charge in [-0.15, -0.1) is 0 Å². The first-order chi connectivity index (χ1) is 10.6. The van der Waals surface area contributed by atoms with Crippen LogP contribution in [0.2, 0.25) is 0 Å². The molecule has 0 bridgehead atoms. The molecule has 0 saturated heterocycles. The summed E-state index contributed by atoms with van der Waals surface area (Å²) >= 11 is 1.25.